The molecule has 3 heteroatoms. The van der Waals surface area contributed by atoms with Gasteiger partial charge in [0.15, 0.2) is 0 Å². The van der Waals surface area contributed by atoms with Crippen molar-refractivity contribution in [3.05, 3.63) is 131 Å². The summed E-state index contributed by atoms with van der Waals surface area (Å²) in [4.78, 5) is 23.3. The van der Waals surface area contributed by atoms with Crippen LogP contribution < -0.4 is 0 Å². The Morgan fingerprint density at radius 1 is 0.630 bits per heavy atom. The van der Waals surface area contributed by atoms with E-state index in [1.165, 1.54) is 0 Å². The van der Waals surface area contributed by atoms with Gasteiger partial charge in [-0.15, -0.1) is 12.1 Å². The monoisotopic (exact) mass is 390 g/mol. The molecule has 2 nitrogen and oxygen atoms in total. The van der Waals surface area contributed by atoms with E-state index in [4.69, 9.17) is 0 Å². The third-order valence-corrected chi connectivity index (χ3v) is 3.66. The molecular weight excluding hydrogens is 376 g/mol. The van der Waals surface area contributed by atoms with Crippen molar-refractivity contribution in [3.8, 4) is 0 Å². The summed E-state index contributed by atoms with van der Waals surface area (Å²) in [5.74, 6) is 0.00343. The van der Waals surface area contributed by atoms with E-state index in [0.717, 1.165) is 11.1 Å². The Bertz CT molecular complexity index is 857. The molecule has 0 heterocycles. The van der Waals surface area contributed by atoms with E-state index in [2.05, 4.69) is 24.3 Å². The van der Waals surface area contributed by atoms with Crippen LogP contribution in [0.5, 0.6) is 0 Å². The Hall–Kier alpha value is -3.00. The van der Waals surface area contributed by atoms with E-state index < -0.39 is 0 Å². The molecule has 0 unspecified atom stereocenters. The Kier molecular flexibility index (Phi) is 7.69. The molecule has 0 N–H and O–H groups in total. The van der Waals surface area contributed by atoms with Crippen LogP contribution in [0.15, 0.2) is 84.9 Å². The predicted octanol–water partition coefficient (Wildman–Crippen LogP) is 4.47. The summed E-state index contributed by atoms with van der Waals surface area (Å²) >= 11 is 0. The third kappa shape index (κ3) is 5.49. The van der Waals surface area contributed by atoms with E-state index in [1.54, 1.807) is 12.1 Å². The average molecular weight is 390 g/mol. The number of hydrogen-bond acceptors (Lipinski definition) is 2. The number of ketones is 2. The van der Waals surface area contributed by atoms with Gasteiger partial charge in [-0.2, -0.15) is 24.3 Å². The average Bonchev–Trinajstić information content (AvgIpc) is 3.43. The van der Waals surface area contributed by atoms with Crippen LogP contribution in [0.3, 0.4) is 0 Å². The van der Waals surface area contributed by atoms with Gasteiger partial charge in [0, 0.05) is 17.1 Å². The zero-order valence-corrected chi connectivity index (χ0v) is 15.4. The fraction of sp³-hybridized carbons (Fsp3) is 0. The standard InChI is InChI=1S/C12H9O.C12H5O.Fe/c2*13-12(11-8-4-5-9-11)10-6-2-1-3-7-10;/h1-9H;1-3,6-7H;/q-1;-5;. The summed E-state index contributed by atoms with van der Waals surface area (Å²) in [6, 6.07) is 36.1. The van der Waals surface area contributed by atoms with E-state index >= 15 is 0 Å². The maximum Gasteiger partial charge on any atom is 0.112 e. The largest absolute Gasteiger partial charge is 0.750 e. The second kappa shape index (κ2) is 10.2. The van der Waals surface area contributed by atoms with Crippen LogP contribution >= 0.6 is 0 Å². The molecule has 4 rings (SSSR count). The van der Waals surface area contributed by atoms with Crippen LogP contribution in [-0.2, 0) is 17.1 Å². The number of hydrogen-bond donors (Lipinski definition) is 0. The van der Waals surface area contributed by atoms with Gasteiger partial charge in [-0.1, -0.05) is 59.7 Å². The summed E-state index contributed by atoms with van der Waals surface area (Å²) in [6.07, 6.45) is 0. The Balaban J connectivity index is 0.000000187. The molecule has 0 aliphatic carbocycles. The van der Waals surface area contributed by atoms with Gasteiger partial charge in [0.2, 0.25) is 0 Å². The topological polar surface area (TPSA) is 34.1 Å². The number of rotatable bonds is 4. The summed E-state index contributed by atoms with van der Waals surface area (Å²) in [6.45, 7) is 0. The maximum absolute atomic E-state index is 11.7. The normalized spacial score (nSPS) is 9.48. The van der Waals surface area contributed by atoms with Gasteiger partial charge in [-0.05, 0) is 0 Å². The number of carbonyl (C=O) groups excluding carboxylic acids is 2. The molecule has 136 valence electrons. The Labute approximate surface area is 169 Å². The van der Waals surface area contributed by atoms with Crippen LogP contribution in [0.2, 0.25) is 0 Å². The summed E-state index contributed by atoms with van der Waals surface area (Å²) in [7, 11) is 0. The fourth-order valence-electron chi connectivity index (χ4n) is 2.35. The second-order valence-corrected chi connectivity index (χ2v) is 5.44. The molecule has 0 saturated heterocycles. The van der Waals surface area contributed by atoms with Crippen molar-refractivity contribution in [2.75, 3.05) is 0 Å². The first-order valence-electron chi connectivity index (χ1n) is 8.06. The van der Waals surface area contributed by atoms with Gasteiger partial charge < -0.3 is 50.8 Å². The molecule has 0 amide bonds. The van der Waals surface area contributed by atoms with Gasteiger partial charge in [0.1, 0.15) is 5.78 Å². The first kappa shape index (κ1) is 20.3. The van der Waals surface area contributed by atoms with Gasteiger partial charge >= 0.3 is 0 Å². The molecule has 0 radical (unpaired) electrons. The van der Waals surface area contributed by atoms with Crippen molar-refractivity contribution in [2.24, 2.45) is 0 Å². The molecule has 0 saturated carbocycles. The number of benzene rings is 2. The van der Waals surface area contributed by atoms with Crippen molar-refractivity contribution in [1.29, 1.82) is 0 Å². The van der Waals surface area contributed by atoms with Gasteiger partial charge in [-0.25, -0.2) is 0 Å². The van der Waals surface area contributed by atoms with Crippen LogP contribution in [-0.4, -0.2) is 11.6 Å². The van der Waals surface area contributed by atoms with E-state index in [-0.39, 0.29) is 28.6 Å². The third-order valence-electron chi connectivity index (χ3n) is 3.66. The first-order valence-corrected chi connectivity index (χ1v) is 8.06. The van der Waals surface area contributed by atoms with Crippen molar-refractivity contribution in [3.63, 3.8) is 0 Å². The van der Waals surface area contributed by atoms with Gasteiger partial charge in [0.05, 0.1) is 0 Å². The van der Waals surface area contributed by atoms with Crippen molar-refractivity contribution in [2.45, 2.75) is 0 Å². The van der Waals surface area contributed by atoms with E-state index in [0.29, 0.717) is 11.1 Å². The molecule has 0 aliphatic rings. The van der Waals surface area contributed by atoms with Gasteiger partial charge in [-0.3, -0.25) is 0 Å². The first-order chi connectivity index (χ1) is 12.8. The molecule has 4 aromatic carbocycles. The minimum Gasteiger partial charge on any atom is -0.750 e. The van der Waals surface area contributed by atoms with Crippen molar-refractivity contribution in [1.82, 2.24) is 0 Å². The second-order valence-electron chi connectivity index (χ2n) is 5.44. The zero-order valence-electron chi connectivity index (χ0n) is 14.3. The Morgan fingerprint density at radius 2 is 1.07 bits per heavy atom. The maximum atomic E-state index is 11.7. The minimum atomic E-state index is -0.0851. The van der Waals surface area contributed by atoms with Crippen molar-refractivity contribution < 1.29 is 26.7 Å². The predicted molar refractivity (Wildman–Crippen MR) is 99.2 cm³/mol. The molecule has 0 fully saturated rings. The van der Waals surface area contributed by atoms with Crippen LogP contribution in [0.25, 0.3) is 0 Å². The summed E-state index contributed by atoms with van der Waals surface area (Å²) in [5.41, 5.74) is 2.54. The van der Waals surface area contributed by atoms with Crippen LogP contribution in [0, 0.1) is 24.3 Å². The Morgan fingerprint density at radius 3 is 1.56 bits per heavy atom. The fourth-order valence-corrected chi connectivity index (χ4v) is 2.35. The molecule has 0 atom stereocenters. The SMILES string of the molecule is O=C(c1ccccc1)[c-]1[c-][c-][c-][c-]1.O=C(c1ccccc1)[c-]1cccc1.[Fe]. The smallest absolute Gasteiger partial charge is 0.112 e. The van der Waals surface area contributed by atoms with Crippen LogP contribution in [0.1, 0.15) is 31.8 Å². The molecule has 0 aliphatic heterocycles. The summed E-state index contributed by atoms with van der Waals surface area (Å²) in [5, 5.41) is 0. The van der Waals surface area contributed by atoms with Crippen LogP contribution in [0.4, 0.5) is 0 Å². The molecule has 0 bridgehead atoms. The minimum absolute atomic E-state index is 0. The zero-order chi connectivity index (χ0) is 18.2. The summed E-state index contributed by atoms with van der Waals surface area (Å²) < 4.78 is 0. The molecule has 0 aromatic heterocycles. The van der Waals surface area contributed by atoms with E-state index in [9.17, 15) is 9.59 Å². The number of carbonyl (C=O) groups is 2. The molecule has 4 aromatic rings. The van der Waals surface area contributed by atoms with E-state index in [1.807, 2.05) is 72.8 Å². The molecular formula is C24H14FeO2-6. The van der Waals surface area contributed by atoms with Gasteiger partial charge in [0.25, 0.3) is 0 Å². The molecule has 27 heavy (non-hydrogen) atoms. The quantitative estimate of drug-likeness (QED) is 0.293. The molecule has 0 spiro atoms. The van der Waals surface area contributed by atoms with Crippen molar-refractivity contribution >= 4 is 11.6 Å².